The Hall–Kier alpha value is -1.35. The molecule has 0 aliphatic heterocycles. The van der Waals surface area contributed by atoms with Gasteiger partial charge in [-0.05, 0) is 39.7 Å². The van der Waals surface area contributed by atoms with E-state index >= 15 is 0 Å². The molecule has 0 saturated carbocycles. The van der Waals surface area contributed by atoms with E-state index in [4.69, 9.17) is 4.74 Å². The van der Waals surface area contributed by atoms with Gasteiger partial charge in [-0.15, -0.1) is 0 Å². The minimum Gasteiger partial charge on any atom is -0.492 e. The van der Waals surface area contributed by atoms with Crippen LogP contribution < -0.4 is 4.74 Å². The number of hydrogen-bond donors (Lipinski definition) is 0. The van der Waals surface area contributed by atoms with E-state index in [1.54, 1.807) is 6.92 Å². The minimum absolute atomic E-state index is 0.141. The average Bonchev–Trinajstić information content (AvgIpc) is 2.32. The molecular formula is C14H13BrO2. The Morgan fingerprint density at radius 1 is 1.24 bits per heavy atom. The largest absolute Gasteiger partial charge is 0.492 e. The normalized spacial score (nSPS) is 10.5. The highest BCUT2D eigenvalue weighted by Gasteiger charge is 2.05. The molecule has 0 aromatic heterocycles. The number of benzene rings is 2. The fourth-order valence-corrected chi connectivity index (χ4v) is 2.24. The van der Waals surface area contributed by atoms with Crippen LogP contribution in [-0.4, -0.2) is 12.4 Å². The first kappa shape index (κ1) is 12.1. The summed E-state index contributed by atoms with van der Waals surface area (Å²) >= 11 is 3.54. The molecule has 0 unspecified atom stereocenters. The smallest absolute Gasteiger partial charge is 0.134 e. The van der Waals surface area contributed by atoms with Gasteiger partial charge < -0.3 is 4.74 Å². The Kier molecular flexibility index (Phi) is 3.79. The second-order valence-electron chi connectivity index (χ2n) is 3.90. The summed E-state index contributed by atoms with van der Waals surface area (Å²) in [5, 5.41) is 2.28. The molecule has 2 aromatic carbocycles. The molecule has 3 heteroatoms. The van der Waals surface area contributed by atoms with Gasteiger partial charge in [-0.25, -0.2) is 0 Å². The molecule has 0 aliphatic rings. The quantitative estimate of drug-likeness (QED) is 0.853. The predicted molar refractivity (Wildman–Crippen MR) is 72.4 cm³/mol. The Morgan fingerprint density at radius 3 is 2.76 bits per heavy atom. The number of ketones is 1. The zero-order valence-corrected chi connectivity index (χ0v) is 11.2. The van der Waals surface area contributed by atoms with Crippen molar-refractivity contribution >= 4 is 32.5 Å². The first-order valence-electron chi connectivity index (χ1n) is 5.48. The molecule has 2 aromatic rings. The Balaban J connectivity index is 2.23. The molecule has 0 N–H and O–H groups in total. The zero-order valence-electron chi connectivity index (χ0n) is 9.57. The maximum absolute atomic E-state index is 10.8. The molecule has 17 heavy (non-hydrogen) atoms. The van der Waals surface area contributed by atoms with Crippen molar-refractivity contribution in [1.82, 2.24) is 0 Å². The molecule has 0 spiro atoms. The van der Waals surface area contributed by atoms with Crippen LogP contribution in [0.5, 0.6) is 5.75 Å². The van der Waals surface area contributed by atoms with Crippen LogP contribution in [0.2, 0.25) is 0 Å². The maximum Gasteiger partial charge on any atom is 0.134 e. The van der Waals surface area contributed by atoms with Gasteiger partial charge in [0.15, 0.2) is 0 Å². The van der Waals surface area contributed by atoms with Crippen molar-refractivity contribution < 1.29 is 9.53 Å². The lowest BCUT2D eigenvalue weighted by Gasteiger charge is -2.09. The van der Waals surface area contributed by atoms with Gasteiger partial charge in [0.25, 0.3) is 0 Å². The summed E-state index contributed by atoms with van der Waals surface area (Å²) in [4.78, 5) is 10.8. The number of hydrogen-bond acceptors (Lipinski definition) is 2. The van der Waals surface area contributed by atoms with Crippen LogP contribution in [0, 0.1) is 0 Å². The van der Waals surface area contributed by atoms with E-state index in [9.17, 15) is 4.79 Å². The van der Waals surface area contributed by atoms with Crippen LogP contribution in [0.1, 0.15) is 13.3 Å². The van der Waals surface area contributed by atoms with Crippen molar-refractivity contribution in [2.75, 3.05) is 6.61 Å². The van der Waals surface area contributed by atoms with Gasteiger partial charge in [-0.1, -0.05) is 30.3 Å². The van der Waals surface area contributed by atoms with Crippen LogP contribution in [0.25, 0.3) is 10.8 Å². The molecule has 0 amide bonds. The number of ether oxygens (including phenoxy) is 1. The lowest BCUT2D eigenvalue weighted by Crippen LogP contribution is -2.03. The van der Waals surface area contributed by atoms with Gasteiger partial charge in [0.1, 0.15) is 11.5 Å². The number of carbonyl (C=O) groups excluding carboxylic acids is 1. The summed E-state index contributed by atoms with van der Waals surface area (Å²) in [6.45, 7) is 1.99. The summed E-state index contributed by atoms with van der Waals surface area (Å²) in [6, 6.07) is 12.0. The molecule has 2 rings (SSSR count). The van der Waals surface area contributed by atoms with Crippen LogP contribution in [0.4, 0.5) is 0 Å². The third-order valence-corrected chi connectivity index (χ3v) is 3.36. The van der Waals surface area contributed by atoms with Crippen molar-refractivity contribution in [1.29, 1.82) is 0 Å². The second kappa shape index (κ2) is 5.32. The number of halogens is 1. The van der Waals surface area contributed by atoms with Gasteiger partial charge >= 0.3 is 0 Å². The third kappa shape index (κ3) is 2.86. The van der Waals surface area contributed by atoms with E-state index in [0.717, 1.165) is 15.6 Å². The van der Waals surface area contributed by atoms with E-state index in [1.165, 1.54) is 5.39 Å². The van der Waals surface area contributed by atoms with Crippen LogP contribution >= 0.6 is 15.9 Å². The third-order valence-electron chi connectivity index (χ3n) is 2.54. The first-order chi connectivity index (χ1) is 8.18. The van der Waals surface area contributed by atoms with Gasteiger partial charge in [-0.2, -0.15) is 0 Å². The lowest BCUT2D eigenvalue weighted by molar-refractivity contribution is -0.117. The molecule has 88 valence electrons. The van der Waals surface area contributed by atoms with Gasteiger partial charge in [-0.3, -0.25) is 4.79 Å². The van der Waals surface area contributed by atoms with E-state index in [2.05, 4.69) is 22.0 Å². The van der Waals surface area contributed by atoms with Crippen molar-refractivity contribution in [3.8, 4) is 5.75 Å². The highest BCUT2D eigenvalue weighted by molar-refractivity contribution is 9.10. The van der Waals surface area contributed by atoms with E-state index in [-0.39, 0.29) is 5.78 Å². The summed E-state index contributed by atoms with van der Waals surface area (Å²) in [7, 11) is 0. The van der Waals surface area contributed by atoms with Crippen molar-refractivity contribution in [3.63, 3.8) is 0 Å². The molecule has 0 saturated heterocycles. The van der Waals surface area contributed by atoms with Crippen LogP contribution in [0.3, 0.4) is 0 Å². The number of rotatable bonds is 4. The van der Waals surface area contributed by atoms with Gasteiger partial charge in [0.05, 0.1) is 11.1 Å². The van der Waals surface area contributed by atoms with E-state index in [0.29, 0.717) is 13.0 Å². The fourth-order valence-electron chi connectivity index (χ4n) is 1.63. The molecular weight excluding hydrogens is 280 g/mol. The van der Waals surface area contributed by atoms with Crippen LogP contribution in [-0.2, 0) is 4.79 Å². The number of fused-ring (bicyclic) bond motifs is 1. The average molecular weight is 293 g/mol. The number of carbonyl (C=O) groups is 1. The highest BCUT2D eigenvalue weighted by atomic mass is 79.9. The van der Waals surface area contributed by atoms with Crippen molar-refractivity contribution in [3.05, 3.63) is 40.9 Å². The van der Waals surface area contributed by atoms with Gasteiger partial charge in [0.2, 0.25) is 0 Å². The van der Waals surface area contributed by atoms with Crippen molar-refractivity contribution in [2.45, 2.75) is 13.3 Å². The summed E-state index contributed by atoms with van der Waals surface area (Å²) in [6.07, 6.45) is 0.444. The molecule has 0 atom stereocenters. The zero-order chi connectivity index (χ0) is 12.3. The second-order valence-corrected chi connectivity index (χ2v) is 4.69. The Bertz CT molecular complexity index is 549. The van der Waals surface area contributed by atoms with E-state index < -0.39 is 0 Å². The van der Waals surface area contributed by atoms with Gasteiger partial charge in [0, 0.05) is 6.42 Å². The Morgan fingerprint density at radius 2 is 2.00 bits per heavy atom. The Labute approximate surface area is 109 Å². The SMILES string of the molecule is CC(=O)CCOc1ccc2ccccc2c1Br. The van der Waals surface area contributed by atoms with E-state index in [1.807, 2.05) is 30.3 Å². The number of Topliss-reactive ketones (excluding diaryl/α,β-unsaturated/α-hetero) is 1. The molecule has 0 aliphatic carbocycles. The maximum atomic E-state index is 10.8. The van der Waals surface area contributed by atoms with Crippen molar-refractivity contribution in [2.24, 2.45) is 0 Å². The summed E-state index contributed by atoms with van der Waals surface area (Å²) in [5.74, 6) is 0.923. The molecule has 0 fully saturated rings. The monoisotopic (exact) mass is 292 g/mol. The topological polar surface area (TPSA) is 26.3 Å². The molecule has 0 bridgehead atoms. The van der Waals surface area contributed by atoms with Crippen LogP contribution in [0.15, 0.2) is 40.9 Å². The lowest BCUT2D eigenvalue weighted by atomic mass is 10.1. The fraction of sp³-hybridized carbons (Fsp3) is 0.214. The minimum atomic E-state index is 0.141. The molecule has 0 heterocycles. The first-order valence-corrected chi connectivity index (χ1v) is 6.27. The molecule has 2 nitrogen and oxygen atoms in total. The standard InChI is InChI=1S/C14H13BrO2/c1-10(16)8-9-17-13-7-6-11-4-2-3-5-12(11)14(13)15/h2-7H,8-9H2,1H3. The highest BCUT2D eigenvalue weighted by Crippen LogP contribution is 2.32. The summed E-state index contributed by atoms with van der Waals surface area (Å²) in [5.41, 5.74) is 0. The summed E-state index contributed by atoms with van der Waals surface area (Å²) < 4.78 is 6.53. The molecule has 0 radical (unpaired) electrons. The predicted octanol–water partition coefficient (Wildman–Crippen LogP) is 3.96.